The third-order valence-electron chi connectivity index (χ3n) is 4.11. The van der Waals surface area contributed by atoms with E-state index in [1.54, 1.807) is 6.07 Å². The second-order valence-electron chi connectivity index (χ2n) is 5.45. The van der Waals surface area contributed by atoms with Gasteiger partial charge in [0.1, 0.15) is 0 Å². The fourth-order valence-corrected chi connectivity index (χ4v) is 2.94. The molecule has 0 bridgehead atoms. The Bertz CT molecular complexity index is 669. The van der Waals surface area contributed by atoms with E-state index in [2.05, 4.69) is 51.6 Å². The average Bonchev–Trinajstić information content (AvgIpc) is 2.56. The molecule has 1 unspecified atom stereocenters. The minimum Gasteiger partial charge on any atom is -0.351 e. The van der Waals surface area contributed by atoms with E-state index < -0.39 is 0 Å². The first-order chi connectivity index (χ1) is 10.7. The molecule has 1 amide bonds. The van der Waals surface area contributed by atoms with Gasteiger partial charge in [0.15, 0.2) is 11.5 Å². The quantitative estimate of drug-likeness (QED) is 0.944. The van der Waals surface area contributed by atoms with Gasteiger partial charge >= 0.3 is 0 Å². The maximum absolute atomic E-state index is 11.7. The summed E-state index contributed by atoms with van der Waals surface area (Å²) in [4.78, 5) is 14.0. The van der Waals surface area contributed by atoms with Crippen LogP contribution in [0.5, 0.6) is 0 Å². The van der Waals surface area contributed by atoms with Gasteiger partial charge in [-0.1, -0.05) is 24.3 Å². The zero-order valence-electron chi connectivity index (χ0n) is 12.9. The first-order valence-electron chi connectivity index (χ1n) is 7.67. The largest absolute Gasteiger partial charge is 0.351 e. The lowest BCUT2D eigenvalue weighted by Gasteiger charge is -2.35. The maximum Gasteiger partial charge on any atom is 0.271 e. The van der Waals surface area contributed by atoms with Crippen LogP contribution in [-0.4, -0.2) is 29.2 Å². The highest BCUT2D eigenvalue weighted by Crippen LogP contribution is 2.31. The van der Waals surface area contributed by atoms with E-state index in [9.17, 15) is 4.79 Å². The Balaban J connectivity index is 1.82. The molecule has 0 aliphatic carbocycles. The topological polar surface area (TPSA) is 58.1 Å². The molecule has 0 radical (unpaired) electrons. The summed E-state index contributed by atoms with van der Waals surface area (Å²) in [5.74, 6) is 0.633. The number of carbonyl (C=O) groups is 1. The lowest BCUT2D eigenvalue weighted by molar-refractivity contribution is 0.0950. The minimum absolute atomic E-state index is 0.182. The highest BCUT2D eigenvalue weighted by atomic mass is 16.1. The lowest BCUT2D eigenvalue weighted by Crippen LogP contribution is -2.35. The third kappa shape index (κ3) is 2.66. The molecule has 0 saturated carbocycles. The zero-order chi connectivity index (χ0) is 15.5. The molecular weight excluding hydrogens is 276 g/mol. The van der Waals surface area contributed by atoms with Crippen molar-refractivity contribution in [2.24, 2.45) is 0 Å². The molecule has 22 heavy (non-hydrogen) atoms. The van der Waals surface area contributed by atoms with E-state index in [-0.39, 0.29) is 11.9 Å². The molecule has 1 aromatic heterocycles. The summed E-state index contributed by atoms with van der Waals surface area (Å²) in [6.07, 6.45) is 1.00. The van der Waals surface area contributed by atoms with Crippen LogP contribution >= 0.6 is 0 Å². The molecule has 1 aliphatic heterocycles. The van der Waals surface area contributed by atoms with Gasteiger partial charge in [-0.05, 0) is 43.5 Å². The molecular formula is C17H20N4O. The van der Waals surface area contributed by atoms with Crippen LogP contribution in [0.25, 0.3) is 0 Å². The molecule has 0 spiro atoms. The molecule has 1 N–H and O–H groups in total. The summed E-state index contributed by atoms with van der Waals surface area (Å²) in [6.45, 7) is 5.56. The number of rotatable bonds is 3. The van der Waals surface area contributed by atoms with Crippen molar-refractivity contribution in [3.8, 4) is 0 Å². The second kappa shape index (κ2) is 6.13. The average molecular weight is 296 g/mol. The molecule has 1 atom stereocenters. The summed E-state index contributed by atoms with van der Waals surface area (Å²) < 4.78 is 0. The molecule has 1 aromatic carbocycles. The molecule has 0 saturated heterocycles. The fraction of sp³-hybridized carbons (Fsp3) is 0.353. The van der Waals surface area contributed by atoms with Gasteiger partial charge in [-0.25, -0.2) is 0 Å². The number of nitrogens with one attached hydrogen (secondary N) is 1. The van der Waals surface area contributed by atoms with E-state index in [0.717, 1.165) is 18.8 Å². The van der Waals surface area contributed by atoms with Gasteiger partial charge in [0.2, 0.25) is 0 Å². The first-order valence-corrected chi connectivity index (χ1v) is 7.67. The fourth-order valence-electron chi connectivity index (χ4n) is 2.94. The summed E-state index contributed by atoms with van der Waals surface area (Å²) in [7, 11) is 0. The Morgan fingerprint density at radius 1 is 1.27 bits per heavy atom. The van der Waals surface area contributed by atoms with Crippen LogP contribution in [0.3, 0.4) is 0 Å². The third-order valence-corrected chi connectivity index (χ3v) is 4.11. The van der Waals surface area contributed by atoms with Gasteiger partial charge in [0, 0.05) is 13.1 Å². The van der Waals surface area contributed by atoms with Crippen LogP contribution < -0.4 is 10.2 Å². The van der Waals surface area contributed by atoms with Gasteiger partial charge in [0.25, 0.3) is 5.91 Å². The Kier molecular flexibility index (Phi) is 4.04. The number of aromatic nitrogens is 2. The minimum atomic E-state index is -0.182. The number of benzene rings is 1. The number of hydrogen-bond donors (Lipinski definition) is 1. The van der Waals surface area contributed by atoms with Crippen LogP contribution in [0.2, 0.25) is 0 Å². The maximum atomic E-state index is 11.7. The Labute approximate surface area is 130 Å². The van der Waals surface area contributed by atoms with E-state index in [1.165, 1.54) is 11.1 Å². The Morgan fingerprint density at radius 2 is 2.09 bits per heavy atom. The Hall–Kier alpha value is -2.43. The van der Waals surface area contributed by atoms with Crippen LogP contribution in [0, 0.1) is 0 Å². The van der Waals surface area contributed by atoms with Gasteiger partial charge < -0.3 is 10.2 Å². The van der Waals surface area contributed by atoms with Crippen molar-refractivity contribution in [3.63, 3.8) is 0 Å². The van der Waals surface area contributed by atoms with E-state index in [1.807, 2.05) is 13.0 Å². The van der Waals surface area contributed by atoms with Gasteiger partial charge in [-0.15, -0.1) is 10.2 Å². The zero-order valence-corrected chi connectivity index (χ0v) is 12.9. The molecule has 1 aliphatic rings. The molecule has 114 valence electrons. The summed E-state index contributed by atoms with van der Waals surface area (Å²) in [6, 6.07) is 12.4. The number of carbonyl (C=O) groups excluding carboxylic acids is 1. The van der Waals surface area contributed by atoms with Crippen LogP contribution in [0.4, 0.5) is 5.82 Å². The molecule has 5 heteroatoms. The smallest absolute Gasteiger partial charge is 0.271 e. The predicted octanol–water partition coefficient (Wildman–Crippen LogP) is 2.35. The van der Waals surface area contributed by atoms with Crippen molar-refractivity contribution in [1.82, 2.24) is 15.5 Å². The second-order valence-corrected chi connectivity index (χ2v) is 5.45. The highest BCUT2D eigenvalue weighted by Gasteiger charge is 2.24. The SMILES string of the molecule is CCNC(=O)c1ccc(N2CCc3ccccc3C2C)nn1. The summed E-state index contributed by atoms with van der Waals surface area (Å²) >= 11 is 0. The number of anilines is 1. The molecule has 2 heterocycles. The highest BCUT2D eigenvalue weighted by molar-refractivity contribution is 5.92. The van der Waals surface area contributed by atoms with E-state index in [0.29, 0.717) is 12.2 Å². The van der Waals surface area contributed by atoms with Crippen molar-refractivity contribution in [1.29, 1.82) is 0 Å². The van der Waals surface area contributed by atoms with Gasteiger partial charge in [0.05, 0.1) is 6.04 Å². The predicted molar refractivity (Wildman–Crippen MR) is 85.9 cm³/mol. The standard InChI is InChI=1S/C17H20N4O/c1-3-18-17(22)15-8-9-16(20-19-15)21-11-10-13-6-4-5-7-14(13)12(21)2/h4-9,12H,3,10-11H2,1-2H3,(H,18,22). The van der Waals surface area contributed by atoms with Crippen molar-refractivity contribution in [2.75, 3.05) is 18.0 Å². The van der Waals surface area contributed by atoms with Crippen molar-refractivity contribution in [2.45, 2.75) is 26.3 Å². The van der Waals surface area contributed by atoms with Crippen LogP contribution in [0.1, 0.15) is 41.5 Å². The van der Waals surface area contributed by atoms with E-state index in [4.69, 9.17) is 0 Å². The van der Waals surface area contributed by atoms with E-state index >= 15 is 0 Å². The first kappa shape index (κ1) is 14.5. The van der Waals surface area contributed by atoms with Crippen LogP contribution in [-0.2, 0) is 6.42 Å². The number of fused-ring (bicyclic) bond motifs is 1. The molecule has 5 nitrogen and oxygen atoms in total. The van der Waals surface area contributed by atoms with Crippen LogP contribution in [0.15, 0.2) is 36.4 Å². The molecule has 3 rings (SSSR count). The molecule has 0 fully saturated rings. The van der Waals surface area contributed by atoms with Crippen molar-refractivity contribution >= 4 is 11.7 Å². The van der Waals surface area contributed by atoms with Crippen molar-refractivity contribution < 1.29 is 4.79 Å². The summed E-state index contributed by atoms with van der Waals surface area (Å²) in [5.41, 5.74) is 3.09. The summed E-state index contributed by atoms with van der Waals surface area (Å²) in [5, 5.41) is 11.0. The van der Waals surface area contributed by atoms with Gasteiger partial charge in [-0.3, -0.25) is 4.79 Å². The monoisotopic (exact) mass is 296 g/mol. The lowest BCUT2D eigenvalue weighted by atomic mass is 9.94. The molecule has 2 aromatic rings. The number of hydrogen-bond acceptors (Lipinski definition) is 4. The Morgan fingerprint density at radius 3 is 2.82 bits per heavy atom. The normalized spacial score (nSPS) is 17.0. The number of amides is 1. The van der Waals surface area contributed by atoms with Gasteiger partial charge in [-0.2, -0.15) is 0 Å². The van der Waals surface area contributed by atoms with Crippen molar-refractivity contribution in [3.05, 3.63) is 53.2 Å². The number of nitrogens with zero attached hydrogens (tertiary/aromatic N) is 3.